The maximum Gasteiger partial charge on any atom is 0.344 e. The number of hydrogen-bond donors (Lipinski definition) is 0. The number of hydrogen-bond acceptors (Lipinski definition) is 6. The number of nitrogens with zero attached hydrogens (tertiary/aromatic N) is 5. The van der Waals surface area contributed by atoms with Gasteiger partial charge in [0.15, 0.2) is 0 Å². The number of fused-ring (bicyclic) bond motifs is 7. The highest BCUT2D eigenvalue weighted by Crippen LogP contribution is 2.54. The zero-order valence-electron chi connectivity index (χ0n) is 42.6. The van der Waals surface area contributed by atoms with Gasteiger partial charge in [0.2, 0.25) is 0 Å². The zero-order valence-corrected chi connectivity index (χ0v) is 42.6. The summed E-state index contributed by atoms with van der Waals surface area (Å²) < 4.78 is 19.6. The van der Waals surface area contributed by atoms with Crippen molar-refractivity contribution in [3.05, 3.63) is 128 Å². The van der Waals surface area contributed by atoms with Gasteiger partial charge in [-0.3, -0.25) is 0 Å². The Morgan fingerprint density at radius 1 is 0.443 bits per heavy atom. The minimum absolute atomic E-state index is 0.0227. The molecule has 356 valence electrons. The van der Waals surface area contributed by atoms with Crippen LogP contribution < -0.4 is 21.1 Å². The molecule has 9 heterocycles. The highest BCUT2D eigenvalue weighted by molar-refractivity contribution is 6.09. The van der Waals surface area contributed by atoms with Crippen LogP contribution in [-0.4, -0.2) is 39.9 Å². The predicted molar refractivity (Wildman–Crippen MR) is 287 cm³/mol. The molecule has 9 nitrogen and oxygen atoms in total. The van der Waals surface area contributed by atoms with Crippen LogP contribution in [0.4, 0.5) is 11.4 Å². The van der Waals surface area contributed by atoms with Gasteiger partial charge in [0.05, 0.1) is 44.6 Å². The molecule has 0 bridgehead atoms. The molecule has 0 saturated heterocycles. The van der Waals surface area contributed by atoms with E-state index >= 15 is 0 Å². The summed E-state index contributed by atoms with van der Waals surface area (Å²) in [6.07, 6.45) is 4.24. The smallest absolute Gasteiger partial charge is 0.344 e. The number of rotatable bonds is 4. The SMILES string of the molecule is Cn1c(-c2ccc(-c3cc4cc5c6c(c4oc3=O)C(C)(C)CCN6CCC5(C)C)cc2)cc2c1c1c(cc(-c3cccc(-c4cc5cc6c7c(c5oc4=O)C(C)(C)CCN7CCC6(C)C)c3)n1C)n2C. The molecule has 13 rings (SSSR count). The topological polar surface area (TPSA) is 81.7 Å². The van der Waals surface area contributed by atoms with E-state index in [1.165, 1.54) is 33.6 Å². The van der Waals surface area contributed by atoms with Crippen molar-refractivity contribution in [2.45, 2.75) is 103 Å². The van der Waals surface area contributed by atoms with Gasteiger partial charge >= 0.3 is 11.3 Å². The van der Waals surface area contributed by atoms with Gasteiger partial charge in [-0.25, -0.2) is 9.59 Å². The van der Waals surface area contributed by atoms with Crippen LogP contribution in [0.1, 0.15) is 103 Å². The largest absolute Gasteiger partial charge is 0.422 e. The van der Waals surface area contributed by atoms with Crippen molar-refractivity contribution in [1.29, 1.82) is 0 Å². The standard InChI is InChI=1S/C61H63N5O4/c1-58(2)19-23-65-25-21-60(5,6)48-50(65)42(58)30-38-28-40(56(67)69-54(38)48)34-15-17-35(18-16-34)44-32-46-52(63(44)10)53-47(62(46)9)33-45(64(53)11)37-14-12-13-36(27-37)41-29-39-31-43-51-49(55(39)70-57(41)68)61(7,8)22-26-66(51)24-20-59(43,3)4/h12-18,27-33H,19-26H2,1-11H3. The first-order valence-electron chi connectivity index (χ1n) is 25.4. The molecule has 0 atom stereocenters. The molecule has 0 N–H and O–H groups in total. The molecule has 0 unspecified atom stereocenters. The second-order valence-electron chi connectivity index (χ2n) is 23.9. The molecular formula is C61H63N5O4. The van der Waals surface area contributed by atoms with Crippen LogP contribution >= 0.6 is 0 Å². The van der Waals surface area contributed by atoms with E-state index in [-0.39, 0.29) is 32.9 Å². The van der Waals surface area contributed by atoms with Gasteiger partial charge in [0.25, 0.3) is 0 Å². The fourth-order valence-electron chi connectivity index (χ4n) is 13.3. The highest BCUT2D eigenvalue weighted by atomic mass is 16.4. The van der Waals surface area contributed by atoms with Crippen molar-refractivity contribution < 1.29 is 8.83 Å². The van der Waals surface area contributed by atoms with E-state index in [0.717, 1.165) is 130 Å². The van der Waals surface area contributed by atoms with Crippen molar-refractivity contribution >= 4 is 55.4 Å². The first kappa shape index (κ1) is 43.3. The van der Waals surface area contributed by atoms with E-state index < -0.39 is 0 Å². The van der Waals surface area contributed by atoms with Crippen LogP contribution in [0, 0.1) is 0 Å². The Labute approximate surface area is 408 Å². The van der Waals surface area contributed by atoms with Crippen molar-refractivity contribution in [1.82, 2.24) is 13.7 Å². The van der Waals surface area contributed by atoms with Crippen LogP contribution in [0.25, 0.3) is 88.8 Å². The average molecular weight is 930 g/mol. The zero-order chi connectivity index (χ0) is 48.7. The van der Waals surface area contributed by atoms with Crippen molar-refractivity contribution in [3.8, 4) is 44.8 Å². The number of anilines is 2. The summed E-state index contributed by atoms with van der Waals surface area (Å²) in [5.74, 6) is 0. The third-order valence-electron chi connectivity index (χ3n) is 17.8. The molecule has 0 saturated carbocycles. The summed E-state index contributed by atoms with van der Waals surface area (Å²) in [5.41, 5.74) is 20.0. The lowest BCUT2D eigenvalue weighted by Gasteiger charge is -2.48. The second-order valence-corrected chi connectivity index (χ2v) is 23.9. The molecule has 4 aliphatic rings. The van der Waals surface area contributed by atoms with E-state index in [2.05, 4.69) is 173 Å². The molecule has 0 aliphatic carbocycles. The second kappa shape index (κ2) is 14.2. The lowest BCUT2D eigenvalue weighted by molar-refractivity contribution is 0.398. The van der Waals surface area contributed by atoms with Crippen LogP contribution in [-0.2, 0) is 42.8 Å². The predicted octanol–water partition coefficient (Wildman–Crippen LogP) is 13.2. The number of benzene rings is 4. The Balaban J connectivity index is 0.860. The minimum Gasteiger partial charge on any atom is -0.422 e. The lowest BCUT2D eigenvalue weighted by atomic mass is 9.69. The molecular weight excluding hydrogens is 867 g/mol. The van der Waals surface area contributed by atoms with Crippen molar-refractivity contribution in [3.63, 3.8) is 0 Å². The van der Waals surface area contributed by atoms with E-state index in [4.69, 9.17) is 8.83 Å². The molecule has 0 fully saturated rings. The maximum atomic E-state index is 14.1. The first-order chi connectivity index (χ1) is 33.2. The molecule has 0 spiro atoms. The van der Waals surface area contributed by atoms with Gasteiger partial charge in [-0.05, 0) is 123 Å². The van der Waals surface area contributed by atoms with Crippen molar-refractivity contribution in [2.24, 2.45) is 21.1 Å². The monoisotopic (exact) mass is 929 g/mol. The fraction of sp³-hybridized carbons (Fsp3) is 0.377. The lowest BCUT2D eigenvalue weighted by Crippen LogP contribution is -2.44. The summed E-state index contributed by atoms with van der Waals surface area (Å²) in [6, 6.07) is 30.0. The maximum absolute atomic E-state index is 14.1. The molecule has 4 aromatic carbocycles. The van der Waals surface area contributed by atoms with Crippen LogP contribution in [0.15, 0.2) is 103 Å². The van der Waals surface area contributed by atoms with Crippen LogP contribution in [0.2, 0.25) is 0 Å². The van der Waals surface area contributed by atoms with Gasteiger partial charge in [-0.1, -0.05) is 97.9 Å². The summed E-state index contributed by atoms with van der Waals surface area (Å²) in [6.45, 7) is 22.7. The van der Waals surface area contributed by atoms with Gasteiger partial charge in [-0.2, -0.15) is 0 Å². The number of aryl methyl sites for hydroxylation is 3. The average Bonchev–Trinajstić information content (AvgIpc) is 3.93. The number of aromatic nitrogens is 3. The van der Waals surface area contributed by atoms with Gasteiger partial charge in [0.1, 0.15) is 11.2 Å². The normalized spacial score (nSPS) is 18.6. The summed E-state index contributed by atoms with van der Waals surface area (Å²) in [7, 11) is 6.41. The van der Waals surface area contributed by atoms with Crippen LogP contribution in [0.5, 0.6) is 0 Å². The summed E-state index contributed by atoms with van der Waals surface area (Å²) >= 11 is 0. The van der Waals surface area contributed by atoms with E-state index in [1.807, 2.05) is 12.1 Å². The summed E-state index contributed by atoms with van der Waals surface area (Å²) in [4.78, 5) is 33.1. The molecule has 4 aliphatic heterocycles. The third-order valence-corrected chi connectivity index (χ3v) is 17.8. The molecule has 9 heteroatoms. The highest BCUT2D eigenvalue weighted by Gasteiger charge is 2.44. The Kier molecular flexibility index (Phi) is 8.78. The Hall–Kier alpha value is -6.74. The molecule has 9 aromatic rings. The van der Waals surface area contributed by atoms with Crippen molar-refractivity contribution in [2.75, 3.05) is 36.0 Å². The fourth-order valence-corrected chi connectivity index (χ4v) is 13.3. The van der Waals surface area contributed by atoms with Gasteiger partial charge in [-0.15, -0.1) is 0 Å². The molecule has 5 aromatic heterocycles. The van der Waals surface area contributed by atoms with E-state index in [1.54, 1.807) is 0 Å². The third kappa shape index (κ3) is 5.96. The molecule has 0 amide bonds. The Bertz CT molecular complexity index is 3880. The van der Waals surface area contributed by atoms with E-state index in [0.29, 0.717) is 11.1 Å². The molecule has 0 radical (unpaired) electrons. The first-order valence-corrected chi connectivity index (χ1v) is 25.4. The van der Waals surface area contributed by atoms with Gasteiger partial charge in [0, 0.05) is 80.6 Å². The van der Waals surface area contributed by atoms with E-state index in [9.17, 15) is 9.59 Å². The van der Waals surface area contributed by atoms with Gasteiger partial charge < -0.3 is 32.3 Å². The summed E-state index contributed by atoms with van der Waals surface area (Å²) in [5, 5.41) is 1.99. The minimum atomic E-state index is -0.306. The Morgan fingerprint density at radius 3 is 1.34 bits per heavy atom. The van der Waals surface area contributed by atoms with Crippen LogP contribution in [0.3, 0.4) is 0 Å². The quantitative estimate of drug-likeness (QED) is 0.164. The Morgan fingerprint density at radius 2 is 0.857 bits per heavy atom. The molecule has 70 heavy (non-hydrogen) atoms.